The maximum absolute atomic E-state index is 3.59. The van der Waals surface area contributed by atoms with E-state index >= 15 is 0 Å². The van der Waals surface area contributed by atoms with E-state index in [1.165, 1.54) is 25.7 Å². The zero-order chi connectivity index (χ0) is 11.9. The van der Waals surface area contributed by atoms with E-state index in [4.69, 9.17) is 0 Å². The molecule has 0 saturated carbocycles. The van der Waals surface area contributed by atoms with Crippen molar-refractivity contribution in [1.29, 1.82) is 0 Å². The van der Waals surface area contributed by atoms with E-state index in [0.717, 1.165) is 13.0 Å². The molecule has 0 amide bonds. The van der Waals surface area contributed by atoms with E-state index in [2.05, 4.69) is 37.0 Å². The van der Waals surface area contributed by atoms with Gasteiger partial charge in [0.05, 0.1) is 0 Å². The van der Waals surface area contributed by atoms with Gasteiger partial charge in [-0.05, 0) is 31.5 Å². The summed E-state index contributed by atoms with van der Waals surface area (Å²) in [6.45, 7) is 6.89. The van der Waals surface area contributed by atoms with Crippen molar-refractivity contribution in [3.63, 3.8) is 0 Å². The van der Waals surface area contributed by atoms with Gasteiger partial charge in [0.25, 0.3) is 0 Å². The molecule has 1 rings (SSSR count). The molecule has 1 heteroatoms. The van der Waals surface area contributed by atoms with Gasteiger partial charge < -0.3 is 5.32 Å². The smallest absolute Gasteiger partial charge is 0.0176 e. The summed E-state index contributed by atoms with van der Waals surface area (Å²) in [7, 11) is 0. The second kappa shape index (κ2) is 13.8. The van der Waals surface area contributed by atoms with Gasteiger partial charge in [-0.3, -0.25) is 0 Å². The standard InChI is InChI=1S/C9H16.C6H9N/c1-3-5-7-9-8-6-4-2;1-2-4-6-7-5-3-1/h3,5,7H,1,4,6,8-9H2,2H3;1-3,5,7H,4,6H2. The highest BCUT2D eigenvalue weighted by molar-refractivity contribution is 5.04. The zero-order valence-electron chi connectivity index (χ0n) is 10.5. The lowest BCUT2D eigenvalue weighted by Gasteiger charge is -1.89. The third kappa shape index (κ3) is 12.8. The number of unbranched alkanes of at least 4 members (excludes halogenated alkanes) is 3. The molecule has 0 atom stereocenters. The SMILES string of the molecule is C1=CCCNC=C1.C=CC=CCCCCC. The van der Waals surface area contributed by atoms with Crippen molar-refractivity contribution in [3.05, 3.63) is 49.2 Å². The number of rotatable bonds is 5. The molecule has 0 unspecified atom stereocenters. The highest BCUT2D eigenvalue weighted by Gasteiger charge is 1.79. The summed E-state index contributed by atoms with van der Waals surface area (Å²) in [6.07, 6.45) is 20.5. The van der Waals surface area contributed by atoms with Gasteiger partial charge in [-0.25, -0.2) is 0 Å². The van der Waals surface area contributed by atoms with Crippen molar-refractivity contribution < 1.29 is 0 Å². The van der Waals surface area contributed by atoms with Crippen LogP contribution in [0.15, 0.2) is 49.2 Å². The third-order valence-electron chi connectivity index (χ3n) is 2.16. The molecule has 1 heterocycles. The predicted octanol–water partition coefficient (Wildman–Crippen LogP) is 4.36. The average Bonchev–Trinajstić information content (AvgIpc) is 2.62. The Morgan fingerprint density at radius 2 is 2.19 bits per heavy atom. The molecule has 1 aliphatic heterocycles. The van der Waals surface area contributed by atoms with Crippen LogP contribution in [0, 0.1) is 0 Å². The Labute approximate surface area is 101 Å². The lowest BCUT2D eigenvalue weighted by atomic mass is 10.2. The van der Waals surface area contributed by atoms with Gasteiger partial charge in [-0.2, -0.15) is 0 Å². The fourth-order valence-corrected chi connectivity index (χ4v) is 1.25. The largest absolute Gasteiger partial charge is 0.391 e. The lowest BCUT2D eigenvalue weighted by molar-refractivity contribution is 0.729. The second-order valence-corrected chi connectivity index (χ2v) is 3.69. The molecule has 90 valence electrons. The molecule has 0 aromatic carbocycles. The Balaban J connectivity index is 0.000000288. The van der Waals surface area contributed by atoms with Crippen LogP contribution >= 0.6 is 0 Å². The molecule has 0 saturated heterocycles. The predicted molar refractivity (Wildman–Crippen MR) is 74.4 cm³/mol. The minimum Gasteiger partial charge on any atom is -0.391 e. The van der Waals surface area contributed by atoms with Crippen molar-refractivity contribution in [2.45, 2.75) is 39.0 Å². The Bertz CT molecular complexity index is 212. The average molecular weight is 219 g/mol. The van der Waals surface area contributed by atoms with Crippen LogP contribution in [-0.2, 0) is 0 Å². The first-order valence-electron chi connectivity index (χ1n) is 6.24. The third-order valence-corrected chi connectivity index (χ3v) is 2.16. The Kier molecular flexibility index (Phi) is 12.7. The molecular formula is C15H25N. The summed E-state index contributed by atoms with van der Waals surface area (Å²) in [6, 6.07) is 0. The van der Waals surface area contributed by atoms with Gasteiger partial charge in [-0.15, -0.1) is 0 Å². The molecule has 16 heavy (non-hydrogen) atoms. The summed E-state index contributed by atoms with van der Waals surface area (Å²) in [5, 5.41) is 3.10. The second-order valence-electron chi connectivity index (χ2n) is 3.69. The monoisotopic (exact) mass is 219 g/mol. The van der Waals surface area contributed by atoms with Crippen LogP contribution in [0.25, 0.3) is 0 Å². The van der Waals surface area contributed by atoms with E-state index in [-0.39, 0.29) is 0 Å². The summed E-state index contributed by atoms with van der Waals surface area (Å²) in [5.74, 6) is 0. The van der Waals surface area contributed by atoms with Crippen LogP contribution in [0.1, 0.15) is 39.0 Å². The highest BCUT2D eigenvalue weighted by atomic mass is 14.8. The van der Waals surface area contributed by atoms with E-state index in [0.29, 0.717) is 0 Å². The minimum absolute atomic E-state index is 1.08. The molecule has 1 N–H and O–H groups in total. The molecule has 0 spiro atoms. The van der Waals surface area contributed by atoms with E-state index < -0.39 is 0 Å². The number of hydrogen-bond acceptors (Lipinski definition) is 1. The number of nitrogens with one attached hydrogen (secondary N) is 1. The number of allylic oxidation sites excluding steroid dienone is 5. The lowest BCUT2D eigenvalue weighted by Crippen LogP contribution is -2.03. The Morgan fingerprint density at radius 1 is 1.31 bits per heavy atom. The van der Waals surface area contributed by atoms with Crippen LogP contribution in [0.3, 0.4) is 0 Å². The van der Waals surface area contributed by atoms with Gasteiger partial charge >= 0.3 is 0 Å². The minimum atomic E-state index is 1.08. The van der Waals surface area contributed by atoms with Crippen LogP contribution < -0.4 is 5.32 Å². The summed E-state index contributed by atoms with van der Waals surface area (Å²) in [5.41, 5.74) is 0. The Morgan fingerprint density at radius 3 is 2.94 bits per heavy atom. The molecule has 0 aromatic rings. The first-order chi connectivity index (χ1) is 7.91. The summed E-state index contributed by atoms with van der Waals surface area (Å²) in [4.78, 5) is 0. The first-order valence-corrected chi connectivity index (χ1v) is 6.24. The van der Waals surface area contributed by atoms with Crippen LogP contribution in [0.4, 0.5) is 0 Å². The molecule has 0 bridgehead atoms. The van der Waals surface area contributed by atoms with Gasteiger partial charge in [-0.1, -0.05) is 56.7 Å². The maximum Gasteiger partial charge on any atom is 0.0176 e. The molecule has 0 fully saturated rings. The van der Waals surface area contributed by atoms with E-state index in [1.54, 1.807) is 0 Å². The molecular weight excluding hydrogens is 194 g/mol. The van der Waals surface area contributed by atoms with Gasteiger partial charge in [0.1, 0.15) is 0 Å². The number of hydrogen-bond donors (Lipinski definition) is 1. The fourth-order valence-electron chi connectivity index (χ4n) is 1.25. The summed E-state index contributed by atoms with van der Waals surface area (Å²) < 4.78 is 0. The highest BCUT2D eigenvalue weighted by Crippen LogP contribution is 1.98. The maximum atomic E-state index is 3.59. The topological polar surface area (TPSA) is 12.0 Å². The molecule has 0 aromatic heterocycles. The van der Waals surface area contributed by atoms with Gasteiger partial charge in [0.2, 0.25) is 0 Å². The molecule has 0 radical (unpaired) electrons. The van der Waals surface area contributed by atoms with Gasteiger partial charge in [0.15, 0.2) is 0 Å². The molecule has 0 aliphatic carbocycles. The van der Waals surface area contributed by atoms with Crippen LogP contribution in [-0.4, -0.2) is 6.54 Å². The van der Waals surface area contributed by atoms with Crippen molar-refractivity contribution in [3.8, 4) is 0 Å². The normalized spacial score (nSPS) is 13.8. The summed E-state index contributed by atoms with van der Waals surface area (Å²) >= 11 is 0. The van der Waals surface area contributed by atoms with E-state index in [9.17, 15) is 0 Å². The van der Waals surface area contributed by atoms with Crippen molar-refractivity contribution in [2.75, 3.05) is 6.54 Å². The Hall–Kier alpha value is -1.24. The van der Waals surface area contributed by atoms with E-state index in [1.807, 2.05) is 24.4 Å². The quantitative estimate of drug-likeness (QED) is 0.535. The first kappa shape index (κ1) is 14.8. The zero-order valence-corrected chi connectivity index (χ0v) is 10.5. The van der Waals surface area contributed by atoms with Crippen molar-refractivity contribution >= 4 is 0 Å². The van der Waals surface area contributed by atoms with Crippen LogP contribution in [0.5, 0.6) is 0 Å². The van der Waals surface area contributed by atoms with Crippen LogP contribution in [0.2, 0.25) is 0 Å². The van der Waals surface area contributed by atoms with Gasteiger partial charge in [0, 0.05) is 6.54 Å². The fraction of sp³-hybridized carbons (Fsp3) is 0.467. The molecule has 1 aliphatic rings. The van der Waals surface area contributed by atoms with Crippen molar-refractivity contribution in [2.24, 2.45) is 0 Å². The van der Waals surface area contributed by atoms with Crippen molar-refractivity contribution in [1.82, 2.24) is 5.32 Å². The molecule has 1 nitrogen and oxygen atoms in total.